The van der Waals surface area contributed by atoms with E-state index in [-0.39, 0.29) is 6.04 Å². The molecule has 7 nitrogen and oxygen atoms in total. The number of anilines is 1. The van der Waals surface area contributed by atoms with Crippen molar-refractivity contribution < 1.29 is 0 Å². The molecular weight excluding hydrogens is 290 g/mol. The van der Waals surface area contributed by atoms with E-state index in [4.69, 9.17) is 4.98 Å². The van der Waals surface area contributed by atoms with E-state index in [1.165, 1.54) is 0 Å². The van der Waals surface area contributed by atoms with Crippen LogP contribution in [0.1, 0.15) is 30.4 Å². The highest BCUT2D eigenvalue weighted by atomic mass is 15.3. The van der Waals surface area contributed by atoms with Gasteiger partial charge in [0.1, 0.15) is 5.82 Å². The molecule has 0 aromatic carbocycles. The molecule has 1 unspecified atom stereocenters. The molecule has 23 heavy (non-hydrogen) atoms. The zero-order chi connectivity index (χ0) is 15.6. The SMILES string of the molecule is Cc1nccn1-c1cncc(C2CCCN2c2ncccn2)n1. The van der Waals surface area contributed by atoms with Crippen LogP contribution in [0.3, 0.4) is 0 Å². The van der Waals surface area contributed by atoms with Crippen LogP contribution in [0, 0.1) is 6.92 Å². The number of hydrogen-bond acceptors (Lipinski definition) is 6. The van der Waals surface area contributed by atoms with Gasteiger partial charge in [0.05, 0.1) is 24.1 Å². The van der Waals surface area contributed by atoms with Crippen molar-refractivity contribution in [2.45, 2.75) is 25.8 Å². The first-order valence-corrected chi connectivity index (χ1v) is 7.69. The molecular formula is C16H17N7. The number of nitrogens with zero attached hydrogens (tertiary/aromatic N) is 7. The maximum absolute atomic E-state index is 4.80. The molecule has 1 atom stereocenters. The fourth-order valence-electron chi connectivity index (χ4n) is 3.02. The molecule has 4 rings (SSSR count). The average Bonchev–Trinajstić information content (AvgIpc) is 3.25. The first kappa shape index (κ1) is 13.8. The fraction of sp³-hybridized carbons (Fsp3) is 0.312. The lowest BCUT2D eigenvalue weighted by Crippen LogP contribution is -2.25. The van der Waals surface area contributed by atoms with Crippen LogP contribution in [0.4, 0.5) is 5.95 Å². The molecule has 0 radical (unpaired) electrons. The molecule has 0 N–H and O–H groups in total. The van der Waals surface area contributed by atoms with Crippen molar-refractivity contribution in [3.63, 3.8) is 0 Å². The maximum Gasteiger partial charge on any atom is 0.225 e. The summed E-state index contributed by atoms with van der Waals surface area (Å²) < 4.78 is 1.94. The van der Waals surface area contributed by atoms with Gasteiger partial charge in [-0.2, -0.15) is 0 Å². The summed E-state index contributed by atoms with van der Waals surface area (Å²) in [5.41, 5.74) is 0.945. The molecule has 3 aromatic rings. The van der Waals surface area contributed by atoms with Gasteiger partial charge in [0.15, 0.2) is 5.82 Å². The van der Waals surface area contributed by atoms with E-state index < -0.39 is 0 Å². The number of aryl methyl sites for hydroxylation is 1. The molecule has 0 bridgehead atoms. The Labute approximate surface area is 134 Å². The summed E-state index contributed by atoms with van der Waals surface area (Å²) >= 11 is 0. The van der Waals surface area contributed by atoms with Crippen molar-refractivity contribution in [1.29, 1.82) is 0 Å². The van der Waals surface area contributed by atoms with Gasteiger partial charge >= 0.3 is 0 Å². The molecule has 1 fully saturated rings. The van der Waals surface area contributed by atoms with Crippen LogP contribution >= 0.6 is 0 Å². The second-order valence-electron chi connectivity index (χ2n) is 5.55. The third-order valence-electron chi connectivity index (χ3n) is 4.12. The first-order valence-electron chi connectivity index (χ1n) is 7.69. The zero-order valence-electron chi connectivity index (χ0n) is 12.9. The summed E-state index contributed by atoms with van der Waals surface area (Å²) in [5.74, 6) is 2.44. The van der Waals surface area contributed by atoms with Crippen molar-refractivity contribution in [2.75, 3.05) is 11.4 Å². The second kappa shape index (κ2) is 5.75. The van der Waals surface area contributed by atoms with Crippen LogP contribution in [0.2, 0.25) is 0 Å². The molecule has 0 saturated carbocycles. The Hall–Kier alpha value is -2.83. The van der Waals surface area contributed by atoms with E-state index in [0.717, 1.165) is 42.7 Å². The number of rotatable bonds is 3. The molecule has 1 saturated heterocycles. The molecule has 0 aliphatic carbocycles. The Morgan fingerprint density at radius 2 is 1.96 bits per heavy atom. The highest BCUT2D eigenvalue weighted by Crippen LogP contribution is 2.33. The summed E-state index contributed by atoms with van der Waals surface area (Å²) in [5, 5.41) is 0. The Balaban J connectivity index is 1.69. The third-order valence-corrected chi connectivity index (χ3v) is 4.12. The molecule has 0 spiro atoms. The lowest BCUT2D eigenvalue weighted by Gasteiger charge is -2.24. The van der Waals surface area contributed by atoms with Gasteiger partial charge in [0.25, 0.3) is 0 Å². The smallest absolute Gasteiger partial charge is 0.225 e. The largest absolute Gasteiger partial charge is 0.332 e. The highest BCUT2D eigenvalue weighted by molar-refractivity contribution is 5.36. The van der Waals surface area contributed by atoms with Crippen molar-refractivity contribution in [1.82, 2.24) is 29.5 Å². The van der Waals surface area contributed by atoms with Crippen LogP contribution < -0.4 is 4.90 Å². The lowest BCUT2D eigenvalue weighted by atomic mass is 10.1. The van der Waals surface area contributed by atoms with Crippen molar-refractivity contribution in [2.24, 2.45) is 0 Å². The molecule has 3 aromatic heterocycles. The topological polar surface area (TPSA) is 72.6 Å². The zero-order valence-corrected chi connectivity index (χ0v) is 12.9. The van der Waals surface area contributed by atoms with Crippen molar-refractivity contribution >= 4 is 5.95 Å². The molecule has 7 heteroatoms. The van der Waals surface area contributed by atoms with Crippen molar-refractivity contribution in [3.05, 3.63) is 54.8 Å². The third kappa shape index (κ3) is 2.54. The molecule has 116 valence electrons. The van der Waals surface area contributed by atoms with Gasteiger partial charge in [-0.05, 0) is 25.8 Å². The normalized spacial score (nSPS) is 17.6. The number of hydrogen-bond donors (Lipinski definition) is 0. The quantitative estimate of drug-likeness (QED) is 0.738. The Kier molecular flexibility index (Phi) is 3.45. The van der Waals surface area contributed by atoms with E-state index >= 15 is 0 Å². The van der Waals surface area contributed by atoms with Gasteiger partial charge in [0, 0.05) is 31.3 Å². The lowest BCUT2D eigenvalue weighted by molar-refractivity contribution is 0.670. The van der Waals surface area contributed by atoms with Gasteiger partial charge in [-0.25, -0.2) is 19.9 Å². The van der Waals surface area contributed by atoms with Gasteiger partial charge < -0.3 is 4.90 Å². The first-order chi connectivity index (χ1) is 11.3. The minimum Gasteiger partial charge on any atom is -0.332 e. The summed E-state index contributed by atoms with van der Waals surface area (Å²) in [4.78, 5) is 24.4. The summed E-state index contributed by atoms with van der Waals surface area (Å²) in [6.07, 6.45) is 12.9. The number of imidazole rings is 1. The standard InChI is InChI=1S/C16H17N7/c1-12-18-7-9-22(12)15-11-17-10-13(21-15)14-4-2-8-23(14)16-19-5-3-6-20-16/h3,5-7,9-11,14H,2,4,8H2,1H3. The van der Waals surface area contributed by atoms with Crippen LogP contribution in [0.15, 0.2) is 43.2 Å². The van der Waals surface area contributed by atoms with E-state index in [1.807, 2.05) is 30.0 Å². The molecule has 1 aliphatic heterocycles. The molecule has 4 heterocycles. The highest BCUT2D eigenvalue weighted by Gasteiger charge is 2.29. The Morgan fingerprint density at radius 1 is 1.09 bits per heavy atom. The minimum absolute atomic E-state index is 0.161. The number of aromatic nitrogens is 6. The maximum atomic E-state index is 4.80. The van der Waals surface area contributed by atoms with Crippen LogP contribution in [0.25, 0.3) is 5.82 Å². The van der Waals surface area contributed by atoms with Crippen LogP contribution in [0.5, 0.6) is 0 Å². The Bertz CT molecular complexity index is 799. The second-order valence-corrected chi connectivity index (χ2v) is 5.55. The predicted octanol–water partition coefficient (Wildman–Crippen LogP) is 2.10. The summed E-state index contributed by atoms with van der Waals surface area (Å²) in [6.45, 7) is 2.89. The fourth-order valence-corrected chi connectivity index (χ4v) is 3.02. The predicted molar refractivity (Wildman–Crippen MR) is 85.2 cm³/mol. The van der Waals surface area contributed by atoms with Gasteiger partial charge in [-0.1, -0.05) is 0 Å². The average molecular weight is 307 g/mol. The van der Waals surface area contributed by atoms with Gasteiger partial charge in [-0.3, -0.25) is 9.55 Å². The molecule has 0 amide bonds. The summed E-state index contributed by atoms with van der Waals surface area (Å²) in [7, 11) is 0. The Morgan fingerprint density at radius 3 is 2.74 bits per heavy atom. The van der Waals surface area contributed by atoms with Crippen molar-refractivity contribution in [3.8, 4) is 5.82 Å². The molecule has 1 aliphatic rings. The monoisotopic (exact) mass is 307 g/mol. The minimum atomic E-state index is 0.161. The van der Waals surface area contributed by atoms with E-state index in [9.17, 15) is 0 Å². The van der Waals surface area contributed by atoms with Gasteiger partial charge in [-0.15, -0.1) is 0 Å². The summed E-state index contributed by atoms with van der Waals surface area (Å²) in [6, 6.07) is 1.99. The van der Waals surface area contributed by atoms with Gasteiger partial charge in [0.2, 0.25) is 5.95 Å². The van der Waals surface area contributed by atoms with Crippen LogP contribution in [-0.4, -0.2) is 36.0 Å². The van der Waals surface area contributed by atoms with E-state index in [1.54, 1.807) is 24.8 Å². The van der Waals surface area contributed by atoms with Crippen LogP contribution in [-0.2, 0) is 0 Å². The van der Waals surface area contributed by atoms with E-state index in [0.29, 0.717) is 0 Å². The van der Waals surface area contributed by atoms with E-state index in [2.05, 4.69) is 24.8 Å².